The largest absolute Gasteiger partial charge is 0.493 e. The van der Waals surface area contributed by atoms with Crippen LogP contribution in [0.5, 0.6) is 23.1 Å². The maximum absolute atomic E-state index is 13.1. The Morgan fingerprint density at radius 2 is 1.46 bits per heavy atom. The molecular formula is C42H40Cl3N3O4. The van der Waals surface area contributed by atoms with Crippen LogP contribution in [0, 0.1) is 13.8 Å². The van der Waals surface area contributed by atoms with Gasteiger partial charge < -0.3 is 19.1 Å². The van der Waals surface area contributed by atoms with Crippen molar-refractivity contribution in [2.75, 3.05) is 32.8 Å². The summed E-state index contributed by atoms with van der Waals surface area (Å²) in [7, 11) is 0. The van der Waals surface area contributed by atoms with Crippen LogP contribution in [-0.2, 0) is 24.4 Å². The number of ether oxygens (including phenoxy) is 3. The van der Waals surface area contributed by atoms with E-state index in [-0.39, 0.29) is 5.91 Å². The quantitative estimate of drug-likeness (QED) is 0.112. The van der Waals surface area contributed by atoms with Crippen LogP contribution in [0.25, 0.3) is 6.08 Å². The van der Waals surface area contributed by atoms with Gasteiger partial charge in [-0.05, 0) is 78.1 Å². The zero-order valence-electron chi connectivity index (χ0n) is 29.2. The molecule has 1 saturated heterocycles. The van der Waals surface area contributed by atoms with Crippen molar-refractivity contribution in [1.29, 1.82) is 0 Å². The van der Waals surface area contributed by atoms with E-state index in [1.807, 2.05) is 42.2 Å². The molecule has 0 radical (unpaired) electrons. The summed E-state index contributed by atoms with van der Waals surface area (Å²) in [5, 5.41) is 1.43. The number of hydrogen-bond acceptors (Lipinski definition) is 6. The number of aromatic nitrogens is 1. The molecule has 0 unspecified atom stereocenters. The van der Waals surface area contributed by atoms with Gasteiger partial charge in [-0.3, -0.25) is 9.69 Å². The van der Waals surface area contributed by atoms with Gasteiger partial charge in [0.15, 0.2) is 5.75 Å². The van der Waals surface area contributed by atoms with Gasteiger partial charge in [0.2, 0.25) is 11.8 Å². The monoisotopic (exact) mass is 755 g/mol. The Kier molecular flexibility index (Phi) is 12.7. The highest BCUT2D eigenvalue weighted by Crippen LogP contribution is 2.34. The molecule has 4 aromatic carbocycles. The van der Waals surface area contributed by atoms with Gasteiger partial charge in [0.1, 0.15) is 18.1 Å². The first-order chi connectivity index (χ1) is 25.2. The van der Waals surface area contributed by atoms with Crippen LogP contribution >= 0.6 is 34.8 Å². The molecule has 10 heteroatoms. The zero-order chi connectivity index (χ0) is 36.5. The van der Waals surface area contributed by atoms with E-state index in [4.69, 9.17) is 49.0 Å². The lowest BCUT2D eigenvalue weighted by Crippen LogP contribution is -2.47. The van der Waals surface area contributed by atoms with Crippen LogP contribution in [0.2, 0.25) is 15.1 Å². The topological polar surface area (TPSA) is 64.1 Å². The van der Waals surface area contributed by atoms with Crippen molar-refractivity contribution in [3.8, 4) is 23.1 Å². The normalized spacial score (nSPS) is 13.4. The van der Waals surface area contributed by atoms with Gasteiger partial charge in [-0.15, -0.1) is 0 Å². The van der Waals surface area contributed by atoms with Gasteiger partial charge in [0.05, 0.1) is 27.9 Å². The van der Waals surface area contributed by atoms with E-state index in [0.29, 0.717) is 64.5 Å². The fourth-order valence-corrected chi connectivity index (χ4v) is 6.37. The SMILES string of the molecule is Cc1ccc(COc2ccc(Oc3c(C)cc(/C=C/C(=O)N4CCN(Cc5ccc(CCOc6ccc(Cl)c(Cl)c6)cc5)CC4)cc3Cl)nc2)cc1. The number of halogens is 3. The number of amides is 1. The van der Waals surface area contributed by atoms with E-state index in [1.54, 1.807) is 42.6 Å². The second kappa shape index (κ2) is 17.8. The predicted octanol–water partition coefficient (Wildman–Crippen LogP) is 10.0. The first-order valence-corrected chi connectivity index (χ1v) is 18.3. The first kappa shape index (κ1) is 37.2. The number of carbonyl (C=O) groups is 1. The molecule has 0 spiro atoms. The first-order valence-electron chi connectivity index (χ1n) is 17.2. The Hall–Kier alpha value is -4.53. The van der Waals surface area contributed by atoms with E-state index in [9.17, 15) is 4.79 Å². The Labute approximate surface area is 320 Å². The molecule has 0 aliphatic carbocycles. The van der Waals surface area contributed by atoms with E-state index in [2.05, 4.69) is 53.2 Å². The summed E-state index contributed by atoms with van der Waals surface area (Å²) >= 11 is 18.7. The third-order valence-electron chi connectivity index (χ3n) is 8.78. The highest BCUT2D eigenvalue weighted by Gasteiger charge is 2.20. The number of hydrogen-bond donors (Lipinski definition) is 0. The number of benzene rings is 4. The second-order valence-electron chi connectivity index (χ2n) is 12.8. The molecule has 0 saturated carbocycles. The summed E-state index contributed by atoms with van der Waals surface area (Å²) in [6.45, 7) is 8.78. The van der Waals surface area contributed by atoms with Crippen LogP contribution in [-0.4, -0.2) is 53.5 Å². The van der Waals surface area contributed by atoms with Crippen molar-refractivity contribution in [2.24, 2.45) is 0 Å². The number of aryl methyl sites for hydroxylation is 2. The van der Waals surface area contributed by atoms with Crippen LogP contribution in [0.4, 0.5) is 0 Å². The molecule has 1 amide bonds. The predicted molar refractivity (Wildman–Crippen MR) is 209 cm³/mol. The van der Waals surface area contributed by atoms with E-state index >= 15 is 0 Å². The molecule has 0 N–H and O–H groups in total. The fourth-order valence-electron chi connectivity index (χ4n) is 5.77. The highest BCUT2D eigenvalue weighted by atomic mass is 35.5. The average Bonchev–Trinajstić information content (AvgIpc) is 3.15. The van der Waals surface area contributed by atoms with Crippen molar-refractivity contribution in [3.05, 3.63) is 152 Å². The molecule has 0 atom stereocenters. The van der Waals surface area contributed by atoms with E-state index in [0.717, 1.165) is 42.7 Å². The van der Waals surface area contributed by atoms with Crippen LogP contribution in [0.15, 0.2) is 103 Å². The lowest BCUT2D eigenvalue weighted by atomic mass is 10.1. The number of piperazine rings is 1. The minimum Gasteiger partial charge on any atom is -0.493 e. The maximum Gasteiger partial charge on any atom is 0.246 e. The molecule has 1 aliphatic heterocycles. The summed E-state index contributed by atoms with van der Waals surface area (Å²) in [6, 6.07) is 29.4. The molecule has 1 aromatic heterocycles. The molecular weight excluding hydrogens is 717 g/mol. The summed E-state index contributed by atoms with van der Waals surface area (Å²) in [6.07, 6.45) is 5.83. The lowest BCUT2D eigenvalue weighted by molar-refractivity contribution is -0.127. The van der Waals surface area contributed by atoms with E-state index < -0.39 is 0 Å². The number of rotatable bonds is 13. The third-order valence-corrected chi connectivity index (χ3v) is 9.80. The van der Waals surface area contributed by atoms with Gasteiger partial charge in [0.25, 0.3) is 0 Å². The smallest absolute Gasteiger partial charge is 0.246 e. The minimum absolute atomic E-state index is 0.0184. The van der Waals surface area contributed by atoms with Gasteiger partial charge in [-0.1, -0.05) is 88.9 Å². The minimum atomic E-state index is -0.0184. The summed E-state index contributed by atoms with van der Waals surface area (Å²) in [5.74, 6) is 2.26. The average molecular weight is 757 g/mol. The lowest BCUT2D eigenvalue weighted by Gasteiger charge is -2.34. The van der Waals surface area contributed by atoms with Gasteiger partial charge >= 0.3 is 0 Å². The Morgan fingerprint density at radius 1 is 0.750 bits per heavy atom. The third kappa shape index (κ3) is 10.5. The van der Waals surface area contributed by atoms with Crippen molar-refractivity contribution in [1.82, 2.24) is 14.8 Å². The molecule has 2 heterocycles. The van der Waals surface area contributed by atoms with Gasteiger partial charge in [-0.25, -0.2) is 4.98 Å². The number of carbonyl (C=O) groups excluding carboxylic acids is 1. The molecule has 268 valence electrons. The standard InChI is InChI=1S/C42H40Cl3N3O4/c1-29-3-5-33(6-4-29)28-51-36-13-15-40(46-26-36)52-42-30(2)23-34(24-39(42)45)11-16-41(49)48-20-18-47(19-21-48)27-32-9-7-31(8-10-32)17-22-50-35-12-14-37(43)38(44)25-35/h3-16,23-26H,17-22,27-28H2,1-2H3/b16-11+. The second-order valence-corrected chi connectivity index (χ2v) is 14.0. The molecule has 6 rings (SSSR count). The van der Waals surface area contributed by atoms with Crippen molar-refractivity contribution >= 4 is 46.8 Å². The molecule has 7 nitrogen and oxygen atoms in total. The molecule has 52 heavy (non-hydrogen) atoms. The molecule has 5 aromatic rings. The van der Waals surface area contributed by atoms with Crippen LogP contribution in [0.3, 0.4) is 0 Å². The Balaban J connectivity index is 0.930. The van der Waals surface area contributed by atoms with Crippen molar-refractivity contribution in [2.45, 2.75) is 33.4 Å². The Morgan fingerprint density at radius 3 is 2.15 bits per heavy atom. The molecule has 1 aliphatic rings. The summed E-state index contributed by atoms with van der Waals surface area (Å²) in [4.78, 5) is 21.7. The van der Waals surface area contributed by atoms with E-state index in [1.165, 1.54) is 16.7 Å². The van der Waals surface area contributed by atoms with Crippen molar-refractivity contribution in [3.63, 3.8) is 0 Å². The Bertz CT molecular complexity index is 1970. The van der Waals surface area contributed by atoms with Crippen LogP contribution in [0.1, 0.15) is 33.4 Å². The van der Waals surface area contributed by atoms with Gasteiger partial charge in [0, 0.05) is 57.4 Å². The fraction of sp³-hybridized carbons (Fsp3) is 0.238. The number of nitrogens with zero attached hydrogens (tertiary/aromatic N) is 3. The summed E-state index contributed by atoms with van der Waals surface area (Å²) in [5.41, 5.74) is 6.39. The highest BCUT2D eigenvalue weighted by molar-refractivity contribution is 6.42. The van der Waals surface area contributed by atoms with Crippen LogP contribution < -0.4 is 14.2 Å². The molecule has 0 bridgehead atoms. The number of pyridine rings is 1. The van der Waals surface area contributed by atoms with Gasteiger partial charge in [-0.2, -0.15) is 0 Å². The summed E-state index contributed by atoms with van der Waals surface area (Å²) < 4.78 is 17.7. The zero-order valence-corrected chi connectivity index (χ0v) is 31.4. The van der Waals surface area contributed by atoms with Crippen molar-refractivity contribution < 1.29 is 19.0 Å². The molecule has 1 fully saturated rings. The maximum atomic E-state index is 13.1.